The van der Waals surface area contributed by atoms with E-state index in [1.807, 2.05) is 0 Å². The molecule has 1 amide bonds. The number of methoxy groups -OCH3 is 2. The van der Waals surface area contributed by atoms with Crippen LogP contribution >= 0.6 is 0 Å². The average Bonchev–Trinajstić information content (AvgIpc) is 2.69. The summed E-state index contributed by atoms with van der Waals surface area (Å²) in [4.78, 5) is 25.1. The summed E-state index contributed by atoms with van der Waals surface area (Å²) in [5.74, 6) is -0.481. The Bertz CT molecular complexity index is 323. The van der Waals surface area contributed by atoms with Gasteiger partial charge in [0.1, 0.15) is 5.60 Å². The molecule has 0 aliphatic carbocycles. The summed E-state index contributed by atoms with van der Waals surface area (Å²) >= 11 is 0. The fourth-order valence-corrected chi connectivity index (χ4v) is 1.94. The zero-order chi connectivity index (χ0) is 13.9. The molecule has 1 aliphatic rings. The van der Waals surface area contributed by atoms with Gasteiger partial charge in [-0.15, -0.1) is 0 Å². The molecule has 0 aromatic carbocycles. The van der Waals surface area contributed by atoms with Crippen molar-refractivity contribution >= 4 is 12.1 Å². The number of rotatable bonds is 2. The van der Waals surface area contributed by atoms with Crippen molar-refractivity contribution in [3.8, 4) is 0 Å². The SMILES string of the molecule is COC(=O)C1C(OC)CCN1C(=O)OC(C)(C)C. The lowest BCUT2D eigenvalue weighted by molar-refractivity contribution is -0.149. The summed E-state index contributed by atoms with van der Waals surface area (Å²) in [5, 5.41) is 0. The molecule has 0 aromatic heterocycles. The summed E-state index contributed by atoms with van der Waals surface area (Å²) in [5.41, 5.74) is -0.594. The van der Waals surface area contributed by atoms with E-state index in [4.69, 9.17) is 14.2 Å². The van der Waals surface area contributed by atoms with E-state index in [2.05, 4.69) is 0 Å². The van der Waals surface area contributed by atoms with Crippen molar-refractivity contribution in [3.05, 3.63) is 0 Å². The Morgan fingerprint density at radius 1 is 1.22 bits per heavy atom. The number of likely N-dealkylation sites (tertiary alicyclic amines) is 1. The summed E-state index contributed by atoms with van der Waals surface area (Å²) < 4.78 is 15.2. The predicted molar refractivity (Wildman–Crippen MR) is 64.2 cm³/mol. The highest BCUT2D eigenvalue weighted by molar-refractivity contribution is 5.83. The molecule has 1 aliphatic heterocycles. The molecule has 0 radical (unpaired) electrons. The largest absolute Gasteiger partial charge is 0.467 e. The monoisotopic (exact) mass is 259 g/mol. The first kappa shape index (κ1) is 14.8. The first-order valence-electron chi connectivity index (χ1n) is 5.90. The van der Waals surface area contributed by atoms with E-state index in [-0.39, 0.29) is 6.10 Å². The van der Waals surface area contributed by atoms with Gasteiger partial charge in [0, 0.05) is 13.7 Å². The summed E-state index contributed by atoms with van der Waals surface area (Å²) in [6, 6.07) is -0.727. The molecule has 0 N–H and O–H groups in total. The Hall–Kier alpha value is -1.30. The minimum absolute atomic E-state index is 0.343. The van der Waals surface area contributed by atoms with Gasteiger partial charge in [-0.05, 0) is 27.2 Å². The maximum absolute atomic E-state index is 12.0. The Morgan fingerprint density at radius 2 is 1.83 bits per heavy atom. The molecule has 0 spiro atoms. The second-order valence-electron chi connectivity index (χ2n) is 5.20. The normalized spacial score (nSPS) is 23.9. The van der Waals surface area contributed by atoms with Gasteiger partial charge in [-0.25, -0.2) is 9.59 Å². The fourth-order valence-electron chi connectivity index (χ4n) is 1.94. The molecule has 104 valence electrons. The van der Waals surface area contributed by atoms with E-state index in [1.165, 1.54) is 19.1 Å². The predicted octanol–water partition coefficient (Wildman–Crippen LogP) is 1.18. The Morgan fingerprint density at radius 3 is 2.28 bits per heavy atom. The summed E-state index contributed by atoms with van der Waals surface area (Å²) in [7, 11) is 2.81. The maximum atomic E-state index is 12.0. The molecular formula is C12H21NO5. The highest BCUT2D eigenvalue weighted by Crippen LogP contribution is 2.24. The van der Waals surface area contributed by atoms with E-state index < -0.39 is 23.7 Å². The van der Waals surface area contributed by atoms with Crippen LogP contribution in [0.3, 0.4) is 0 Å². The van der Waals surface area contributed by atoms with E-state index >= 15 is 0 Å². The molecule has 2 unspecified atom stereocenters. The van der Waals surface area contributed by atoms with Crippen molar-refractivity contribution < 1.29 is 23.8 Å². The van der Waals surface area contributed by atoms with Crippen LogP contribution in [0.15, 0.2) is 0 Å². The number of carbonyl (C=O) groups excluding carboxylic acids is 2. The van der Waals surface area contributed by atoms with Crippen LogP contribution in [0.5, 0.6) is 0 Å². The smallest absolute Gasteiger partial charge is 0.411 e. The Kier molecular flexibility index (Phi) is 4.56. The van der Waals surface area contributed by atoms with Gasteiger partial charge in [-0.2, -0.15) is 0 Å². The van der Waals surface area contributed by atoms with Crippen LogP contribution in [0.2, 0.25) is 0 Å². The molecule has 0 saturated carbocycles. The highest BCUT2D eigenvalue weighted by Gasteiger charge is 2.44. The van der Waals surface area contributed by atoms with Gasteiger partial charge >= 0.3 is 12.1 Å². The molecular weight excluding hydrogens is 238 g/mol. The fraction of sp³-hybridized carbons (Fsp3) is 0.833. The van der Waals surface area contributed by atoms with Gasteiger partial charge in [0.25, 0.3) is 0 Å². The summed E-state index contributed by atoms with van der Waals surface area (Å²) in [6.07, 6.45) is -0.266. The van der Waals surface area contributed by atoms with Gasteiger partial charge in [0.05, 0.1) is 13.2 Å². The molecule has 6 heteroatoms. The van der Waals surface area contributed by atoms with E-state index in [9.17, 15) is 9.59 Å². The van der Waals surface area contributed by atoms with Crippen molar-refractivity contribution in [1.82, 2.24) is 4.90 Å². The maximum Gasteiger partial charge on any atom is 0.411 e. The second-order valence-corrected chi connectivity index (χ2v) is 5.20. The third kappa shape index (κ3) is 3.35. The van der Waals surface area contributed by atoms with Crippen molar-refractivity contribution in [2.45, 2.75) is 44.9 Å². The molecule has 6 nitrogen and oxygen atoms in total. The molecule has 0 aromatic rings. The molecule has 18 heavy (non-hydrogen) atoms. The molecule has 2 atom stereocenters. The number of esters is 1. The molecule has 0 bridgehead atoms. The first-order chi connectivity index (χ1) is 8.30. The van der Waals surface area contributed by atoms with Crippen molar-refractivity contribution in [1.29, 1.82) is 0 Å². The molecule has 1 rings (SSSR count). The Labute approximate surface area is 107 Å². The van der Waals surface area contributed by atoms with Crippen molar-refractivity contribution in [3.63, 3.8) is 0 Å². The minimum atomic E-state index is -0.727. The standard InChI is InChI=1S/C12H21NO5/c1-12(2,3)18-11(15)13-7-6-8(16-4)9(13)10(14)17-5/h8-9H,6-7H2,1-5H3. The van der Waals surface area contributed by atoms with Crippen LogP contribution in [0.1, 0.15) is 27.2 Å². The number of hydrogen-bond acceptors (Lipinski definition) is 5. The van der Waals surface area contributed by atoms with Gasteiger partial charge in [-0.1, -0.05) is 0 Å². The topological polar surface area (TPSA) is 65.1 Å². The van der Waals surface area contributed by atoms with Gasteiger partial charge in [-0.3, -0.25) is 4.90 Å². The Balaban J connectivity index is 2.81. The van der Waals surface area contributed by atoms with Crippen LogP contribution in [0.25, 0.3) is 0 Å². The number of nitrogens with zero attached hydrogens (tertiary/aromatic N) is 1. The third-order valence-electron chi connectivity index (χ3n) is 2.72. The number of ether oxygens (including phenoxy) is 3. The number of amides is 1. The number of carbonyl (C=O) groups is 2. The molecule has 1 fully saturated rings. The average molecular weight is 259 g/mol. The zero-order valence-electron chi connectivity index (χ0n) is 11.6. The van der Waals surface area contributed by atoms with Crippen LogP contribution < -0.4 is 0 Å². The summed E-state index contributed by atoms with van der Waals surface area (Å²) in [6.45, 7) is 5.76. The van der Waals surface area contributed by atoms with E-state index in [0.717, 1.165) is 0 Å². The van der Waals surface area contributed by atoms with E-state index in [0.29, 0.717) is 13.0 Å². The van der Waals surface area contributed by atoms with Crippen LogP contribution in [-0.2, 0) is 19.0 Å². The van der Waals surface area contributed by atoms with Crippen LogP contribution in [0, 0.1) is 0 Å². The van der Waals surface area contributed by atoms with Crippen LogP contribution in [0.4, 0.5) is 4.79 Å². The second kappa shape index (κ2) is 5.56. The number of hydrogen-bond donors (Lipinski definition) is 0. The van der Waals surface area contributed by atoms with Gasteiger partial charge in [0.2, 0.25) is 0 Å². The lowest BCUT2D eigenvalue weighted by atomic mass is 10.1. The van der Waals surface area contributed by atoms with Crippen LogP contribution in [-0.4, -0.2) is 55.5 Å². The van der Waals surface area contributed by atoms with Crippen molar-refractivity contribution in [2.24, 2.45) is 0 Å². The van der Waals surface area contributed by atoms with E-state index in [1.54, 1.807) is 20.8 Å². The van der Waals surface area contributed by atoms with Gasteiger partial charge in [0.15, 0.2) is 6.04 Å². The molecule has 1 heterocycles. The lowest BCUT2D eigenvalue weighted by Gasteiger charge is -2.28. The first-order valence-corrected chi connectivity index (χ1v) is 5.90. The third-order valence-corrected chi connectivity index (χ3v) is 2.72. The van der Waals surface area contributed by atoms with Crippen molar-refractivity contribution in [2.75, 3.05) is 20.8 Å². The lowest BCUT2D eigenvalue weighted by Crippen LogP contribution is -2.47. The zero-order valence-corrected chi connectivity index (χ0v) is 11.6. The van der Waals surface area contributed by atoms with Gasteiger partial charge < -0.3 is 14.2 Å². The quantitative estimate of drug-likeness (QED) is 0.697. The minimum Gasteiger partial charge on any atom is -0.467 e. The molecule has 1 saturated heterocycles. The highest BCUT2D eigenvalue weighted by atomic mass is 16.6.